The maximum atomic E-state index is 12.6. The summed E-state index contributed by atoms with van der Waals surface area (Å²) in [7, 11) is 0. The van der Waals surface area contributed by atoms with Gasteiger partial charge in [-0.1, -0.05) is 29.6 Å². The lowest BCUT2D eigenvalue weighted by atomic mass is 10.0. The topological polar surface area (TPSA) is 361 Å². The molecule has 0 saturated carbocycles. The number of nitrogens with two attached hydrogens (primary N) is 3. The van der Waals surface area contributed by atoms with Crippen LogP contribution in [0.25, 0.3) is 0 Å². The highest BCUT2D eigenvalue weighted by Crippen LogP contribution is 2.27. The molecule has 16 N–H and O–H groups in total. The van der Waals surface area contributed by atoms with E-state index in [4.69, 9.17) is 32.2 Å². The predicted octanol–water partition coefficient (Wildman–Crippen LogP) is -5.73. The number of thioether (sulfide) groups is 2. The third-order valence-corrected chi connectivity index (χ3v) is 9.75. The Bertz CT molecular complexity index is 1250. The van der Waals surface area contributed by atoms with Crippen molar-refractivity contribution in [3.05, 3.63) is 29.3 Å². The molecule has 10 atom stereocenters. The predicted molar refractivity (Wildman–Crippen MR) is 188 cm³/mol. The Hall–Kier alpha value is -2.32. The molecule has 19 nitrogen and oxygen atoms in total. The van der Waals surface area contributed by atoms with E-state index in [-0.39, 0.29) is 49.0 Å². The van der Waals surface area contributed by atoms with Crippen LogP contribution in [-0.2, 0) is 30.7 Å². The fourth-order valence-corrected chi connectivity index (χ4v) is 6.33. The molecule has 0 radical (unpaired) electrons. The molecule has 0 fully saturated rings. The normalized spacial score (nSPS) is 17.7. The standard InChI is InChI=1S/C31H52N4O15S2/c1-15(38)6-19(32)30(48)52-14-17-7-18(3-2-16(17)13-51-31(49)20(33)8-25(34)43)50-5-4-35(9-21(39)26(44)28(46)23(41)11-36)10-22(40)27(45)29(47)24(42)12-37/h2-3,7,19-24,26-29,36-37,39-42,44-47H,4-6,8-14,32-33H2,1H3,(H2,34,43)/t19-,20-,21-,22-,23+,24+,26+,27+,28+,29+/m0/s1. The summed E-state index contributed by atoms with van der Waals surface area (Å²) < 4.78 is 5.85. The number of benzene rings is 1. The van der Waals surface area contributed by atoms with E-state index >= 15 is 0 Å². The van der Waals surface area contributed by atoms with Gasteiger partial charge in [0.05, 0.1) is 37.5 Å². The number of carbonyl (C=O) groups is 4. The summed E-state index contributed by atoms with van der Waals surface area (Å²) in [6, 6.07) is 2.57. The SMILES string of the molecule is CC(=O)C[C@H](N)C(=O)SCc1cc(OCCN(C[C@H](O)[C@@H](O)[C@H](O)[C@H](O)CO)C[C@H](O)[C@@H](O)[C@H](O)[C@H](O)CO)ccc1CSC(=O)[C@@H](N)CC(N)=O. The molecule has 0 bridgehead atoms. The van der Waals surface area contributed by atoms with Gasteiger partial charge in [0, 0.05) is 44.0 Å². The van der Waals surface area contributed by atoms with Crippen LogP contribution in [0.15, 0.2) is 18.2 Å². The first-order chi connectivity index (χ1) is 24.3. The molecule has 0 aliphatic carbocycles. The van der Waals surface area contributed by atoms with E-state index in [0.29, 0.717) is 11.1 Å². The molecule has 0 aromatic heterocycles. The van der Waals surface area contributed by atoms with E-state index in [0.717, 1.165) is 23.5 Å². The number of amides is 1. The van der Waals surface area contributed by atoms with Crippen molar-refractivity contribution in [1.29, 1.82) is 0 Å². The average Bonchev–Trinajstić information content (AvgIpc) is 3.10. The summed E-state index contributed by atoms with van der Waals surface area (Å²) in [6.07, 6.45) is -15.5. The highest BCUT2D eigenvalue weighted by Gasteiger charge is 2.34. The third-order valence-electron chi connectivity index (χ3n) is 7.67. The molecule has 0 aliphatic rings. The molecule has 298 valence electrons. The first-order valence-electron chi connectivity index (χ1n) is 16.1. The van der Waals surface area contributed by atoms with Crippen molar-refractivity contribution in [3.63, 3.8) is 0 Å². The molecular weight excluding hydrogens is 732 g/mol. The molecule has 1 aromatic rings. The Kier molecular flexibility index (Phi) is 22.2. The zero-order chi connectivity index (χ0) is 39.7. The smallest absolute Gasteiger partial charge is 0.219 e. The molecular formula is C31H52N4O15S2. The first kappa shape index (κ1) is 47.7. The Balaban J connectivity index is 3.20. The summed E-state index contributed by atoms with van der Waals surface area (Å²) in [5, 5.41) is 98.3. The second-order valence-corrected chi connectivity index (χ2v) is 14.1. The van der Waals surface area contributed by atoms with Gasteiger partial charge in [0.15, 0.2) is 0 Å². The number of Topliss-reactive ketones (excluding diaryl/α,β-unsaturated/α-hetero) is 1. The van der Waals surface area contributed by atoms with Crippen molar-refractivity contribution >= 4 is 45.4 Å². The second kappa shape index (κ2) is 24.2. The summed E-state index contributed by atoms with van der Waals surface area (Å²) in [5.74, 6) is -0.603. The van der Waals surface area contributed by atoms with Crippen LogP contribution in [-0.4, -0.2) is 178 Å². The van der Waals surface area contributed by atoms with Crippen molar-refractivity contribution in [2.75, 3.05) is 39.5 Å². The number of carbonyl (C=O) groups excluding carboxylic acids is 4. The number of ketones is 1. The van der Waals surface area contributed by atoms with Crippen LogP contribution in [0, 0.1) is 0 Å². The van der Waals surface area contributed by atoms with E-state index in [1.165, 1.54) is 11.8 Å². The van der Waals surface area contributed by atoms with Gasteiger partial charge in [-0.25, -0.2) is 0 Å². The number of primary amides is 1. The Morgan fingerprint density at radius 3 is 1.60 bits per heavy atom. The third kappa shape index (κ3) is 16.8. The summed E-state index contributed by atoms with van der Waals surface area (Å²) >= 11 is 1.67. The zero-order valence-corrected chi connectivity index (χ0v) is 30.2. The Morgan fingerprint density at radius 1 is 0.712 bits per heavy atom. The number of aliphatic hydroxyl groups is 10. The highest BCUT2D eigenvalue weighted by molar-refractivity contribution is 8.13. The van der Waals surface area contributed by atoms with Crippen LogP contribution < -0.4 is 21.9 Å². The van der Waals surface area contributed by atoms with E-state index in [2.05, 4.69) is 0 Å². The van der Waals surface area contributed by atoms with Crippen molar-refractivity contribution in [2.45, 2.75) is 92.2 Å². The van der Waals surface area contributed by atoms with Crippen molar-refractivity contribution in [1.82, 2.24) is 4.90 Å². The molecule has 0 unspecified atom stereocenters. The van der Waals surface area contributed by atoms with Crippen molar-refractivity contribution < 1.29 is 75.0 Å². The van der Waals surface area contributed by atoms with Gasteiger partial charge in [0.25, 0.3) is 0 Å². The number of hydrogen-bond donors (Lipinski definition) is 13. The summed E-state index contributed by atoms with van der Waals surface area (Å²) in [4.78, 5) is 48.9. The summed E-state index contributed by atoms with van der Waals surface area (Å²) in [5.41, 5.74) is 17.8. The fraction of sp³-hybridized carbons (Fsp3) is 0.677. The van der Waals surface area contributed by atoms with Crippen LogP contribution in [0.3, 0.4) is 0 Å². The van der Waals surface area contributed by atoms with E-state index in [1.807, 2.05) is 0 Å². The monoisotopic (exact) mass is 784 g/mol. The number of rotatable bonds is 26. The highest BCUT2D eigenvalue weighted by atomic mass is 32.2. The van der Waals surface area contributed by atoms with Crippen LogP contribution in [0.2, 0.25) is 0 Å². The lowest BCUT2D eigenvalue weighted by Crippen LogP contribution is -2.53. The zero-order valence-electron chi connectivity index (χ0n) is 28.6. The maximum absolute atomic E-state index is 12.6. The van der Waals surface area contributed by atoms with Gasteiger partial charge in [-0.15, -0.1) is 0 Å². The minimum absolute atomic E-state index is 0.0589. The van der Waals surface area contributed by atoms with Crippen molar-refractivity contribution in [2.24, 2.45) is 17.2 Å². The van der Waals surface area contributed by atoms with Gasteiger partial charge in [-0.3, -0.25) is 24.1 Å². The van der Waals surface area contributed by atoms with Crippen molar-refractivity contribution in [3.8, 4) is 5.75 Å². The van der Waals surface area contributed by atoms with Gasteiger partial charge in [-0.05, 0) is 30.2 Å². The Labute approximate surface area is 308 Å². The van der Waals surface area contributed by atoms with E-state index < -0.39 is 103 Å². The van der Waals surface area contributed by atoms with Gasteiger partial charge in [0.2, 0.25) is 16.1 Å². The van der Waals surface area contributed by atoms with Crippen LogP contribution in [0.1, 0.15) is 30.9 Å². The lowest BCUT2D eigenvalue weighted by Gasteiger charge is -2.33. The molecule has 1 aromatic carbocycles. The molecule has 1 rings (SSSR count). The maximum Gasteiger partial charge on any atom is 0.219 e. The number of nitrogens with zero attached hydrogens (tertiary/aromatic N) is 1. The fourth-order valence-electron chi connectivity index (χ4n) is 4.59. The minimum atomic E-state index is -1.97. The molecule has 1 amide bonds. The number of ether oxygens (including phenoxy) is 1. The number of hydrogen-bond acceptors (Lipinski definition) is 20. The van der Waals surface area contributed by atoms with E-state index in [1.54, 1.807) is 18.2 Å². The molecule has 0 aliphatic heterocycles. The molecule has 0 spiro atoms. The van der Waals surface area contributed by atoms with Crippen LogP contribution in [0.4, 0.5) is 0 Å². The molecule has 0 heterocycles. The average molecular weight is 785 g/mol. The minimum Gasteiger partial charge on any atom is -0.492 e. The lowest BCUT2D eigenvalue weighted by molar-refractivity contribution is -0.130. The first-order valence-corrected chi connectivity index (χ1v) is 18.0. The quantitative estimate of drug-likeness (QED) is 0.0416. The van der Waals surface area contributed by atoms with Crippen LogP contribution in [0.5, 0.6) is 5.75 Å². The molecule has 21 heteroatoms. The Morgan fingerprint density at radius 2 is 1.15 bits per heavy atom. The van der Waals surface area contributed by atoms with Gasteiger partial charge < -0.3 is 73.0 Å². The number of aliphatic hydroxyl groups excluding tert-OH is 10. The van der Waals surface area contributed by atoms with Gasteiger partial charge in [0.1, 0.15) is 54.8 Å². The van der Waals surface area contributed by atoms with Gasteiger partial charge >= 0.3 is 0 Å². The van der Waals surface area contributed by atoms with E-state index in [9.17, 15) is 60.0 Å². The summed E-state index contributed by atoms with van der Waals surface area (Å²) in [6.45, 7) is -1.87. The van der Waals surface area contributed by atoms with Gasteiger partial charge in [-0.2, -0.15) is 0 Å². The second-order valence-electron chi connectivity index (χ2n) is 12.1. The molecule has 0 saturated heterocycles. The molecule has 52 heavy (non-hydrogen) atoms. The largest absolute Gasteiger partial charge is 0.492 e. The van der Waals surface area contributed by atoms with Crippen LogP contribution >= 0.6 is 23.5 Å².